The molecule has 0 aromatic heterocycles. The van der Waals surface area contributed by atoms with Crippen LogP contribution in [0.2, 0.25) is 0 Å². The molecule has 2 unspecified atom stereocenters. The minimum Gasteiger partial charge on any atom is -0.479 e. The Labute approximate surface area is 122 Å². The Hall–Kier alpha value is -2.08. The summed E-state index contributed by atoms with van der Waals surface area (Å²) < 4.78 is 5.68. The normalized spacial score (nSPS) is 25.4. The van der Waals surface area contributed by atoms with Crippen LogP contribution in [0.15, 0.2) is 30.3 Å². The van der Waals surface area contributed by atoms with E-state index >= 15 is 0 Å². The highest BCUT2D eigenvalue weighted by Crippen LogP contribution is 2.26. The molecule has 2 aliphatic heterocycles. The lowest BCUT2D eigenvalue weighted by molar-refractivity contribution is -0.139. The summed E-state index contributed by atoms with van der Waals surface area (Å²) in [6.45, 7) is 1.06. The van der Waals surface area contributed by atoms with Crippen LogP contribution in [-0.4, -0.2) is 47.3 Å². The number of nitrogens with zero attached hydrogens (tertiary/aromatic N) is 1. The zero-order chi connectivity index (χ0) is 14.8. The number of urea groups is 1. The minimum absolute atomic E-state index is 0.0921. The highest BCUT2D eigenvalue weighted by atomic mass is 16.5. The quantitative estimate of drug-likeness (QED) is 0.881. The number of hydrogen-bond donors (Lipinski definition) is 2. The van der Waals surface area contributed by atoms with Gasteiger partial charge in [0.05, 0.1) is 12.2 Å². The second kappa shape index (κ2) is 5.73. The van der Waals surface area contributed by atoms with Crippen LogP contribution in [0, 0.1) is 0 Å². The van der Waals surface area contributed by atoms with Crippen molar-refractivity contribution in [1.82, 2.24) is 10.2 Å². The average Bonchev–Trinajstić information content (AvgIpc) is 2.83. The summed E-state index contributed by atoms with van der Waals surface area (Å²) in [5, 5.41) is 11.9. The molecule has 6 nitrogen and oxygen atoms in total. The number of ether oxygens (including phenoxy) is 1. The summed E-state index contributed by atoms with van der Waals surface area (Å²) in [5.41, 5.74) is 0.564. The van der Waals surface area contributed by atoms with Gasteiger partial charge >= 0.3 is 12.0 Å². The first-order valence-electron chi connectivity index (χ1n) is 7.12. The Morgan fingerprint density at radius 3 is 2.38 bits per heavy atom. The topological polar surface area (TPSA) is 78.9 Å². The van der Waals surface area contributed by atoms with Crippen molar-refractivity contribution in [1.29, 1.82) is 0 Å². The van der Waals surface area contributed by atoms with Crippen molar-refractivity contribution < 1.29 is 19.4 Å². The van der Waals surface area contributed by atoms with E-state index in [2.05, 4.69) is 5.32 Å². The maximum Gasteiger partial charge on any atom is 0.330 e. The summed E-state index contributed by atoms with van der Waals surface area (Å²) >= 11 is 0. The highest BCUT2D eigenvalue weighted by Gasteiger charge is 2.36. The molecule has 2 amide bonds. The molecule has 2 aliphatic rings. The van der Waals surface area contributed by atoms with E-state index in [-0.39, 0.29) is 18.2 Å². The molecule has 3 atom stereocenters. The smallest absolute Gasteiger partial charge is 0.330 e. The fraction of sp³-hybridized carbons (Fsp3) is 0.467. The van der Waals surface area contributed by atoms with Gasteiger partial charge in [0.2, 0.25) is 0 Å². The van der Waals surface area contributed by atoms with Gasteiger partial charge in [-0.05, 0) is 18.4 Å². The molecule has 2 fully saturated rings. The molecule has 0 aliphatic carbocycles. The zero-order valence-electron chi connectivity index (χ0n) is 11.6. The largest absolute Gasteiger partial charge is 0.479 e. The van der Waals surface area contributed by atoms with Crippen molar-refractivity contribution in [3.63, 3.8) is 0 Å². The van der Waals surface area contributed by atoms with Gasteiger partial charge in [-0.25, -0.2) is 9.59 Å². The summed E-state index contributed by atoms with van der Waals surface area (Å²) in [6.07, 6.45) is 2.12. The van der Waals surface area contributed by atoms with Crippen LogP contribution in [-0.2, 0) is 9.53 Å². The molecule has 0 spiro atoms. The van der Waals surface area contributed by atoms with Crippen molar-refractivity contribution in [3.05, 3.63) is 35.9 Å². The van der Waals surface area contributed by atoms with Crippen LogP contribution in [0.3, 0.4) is 0 Å². The van der Waals surface area contributed by atoms with Crippen LogP contribution >= 0.6 is 0 Å². The number of carbonyl (C=O) groups excluding carboxylic acids is 1. The van der Waals surface area contributed by atoms with E-state index in [0.29, 0.717) is 18.7 Å². The summed E-state index contributed by atoms with van der Waals surface area (Å²) in [4.78, 5) is 25.4. The molecule has 21 heavy (non-hydrogen) atoms. The molecule has 2 heterocycles. The van der Waals surface area contributed by atoms with E-state index in [1.165, 1.54) is 0 Å². The molecule has 2 N–H and O–H groups in total. The van der Waals surface area contributed by atoms with Gasteiger partial charge in [-0.2, -0.15) is 0 Å². The maximum absolute atomic E-state index is 12.3. The molecular weight excluding hydrogens is 272 g/mol. The molecule has 2 bridgehead atoms. The minimum atomic E-state index is -1.06. The summed E-state index contributed by atoms with van der Waals surface area (Å²) in [6, 6.07) is 7.35. The number of morpholine rings is 1. The van der Waals surface area contributed by atoms with Crippen LogP contribution in [0.4, 0.5) is 4.79 Å². The van der Waals surface area contributed by atoms with E-state index in [4.69, 9.17) is 4.74 Å². The molecule has 0 radical (unpaired) electrons. The van der Waals surface area contributed by atoms with Crippen molar-refractivity contribution in [2.75, 3.05) is 13.1 Å². The van der Waals surface area contributed by atoms with Gasteiger partial charge in [-0.3, -0.25) is 0 Å². The van der Waals surface area contributed by atoms with E-state index < -0.39 is 12.0 Å². The third-order valence-electron chi connectivity index (χ3n) is 3.98. The molecule has 6 heteroatoms. The van der Waals surface area contributed by atoms with Crippen molar-refractivity contribution in [2.24, 2.45) is 0 Å². The van der Waals surface area contributed by atoms with Crippen molar-refractivity contribution in [2.45, 2.75) is 31.1 Å². The molecule has 112 valence electrons. The van der Waals surface area contributed by atoms with Crippen LogP contribution < -0.4 is 5.32 Å². The van der Waals surface area contributed by atoms with Gasteiger partial charge in [0, 0.05) is 13.1 Å². The van der Waals surface area contributed by atoms with Crippen LogP contribution in [0.1, 0.15) is 24.4 Å². The second-order valence-electron chi connectivity index (χ2n) is 5.49. The lowest BCUT2D eigenvalue weighted by atomic mass is 10.1. The van der Waals surface area contributed by atoms with Gasteiger partial charge in [0.25, 0.3) is 0 Å². The Bertz CT molecular complexity index is 522. The maximum atomic E-state index is 12.3. The molecule has 3 rings (SSSR count). The van der Waals surface area contributed by atoms with Gasteiger partial charge in [0.15, 0.2) is 6.04 Å². The fourth-order valence-corrected chi connectivity index (χ4v) is 2.93. The van der Waals surface area contributed by atoms with Crippen LogP contribution in [0.25, 0.3) is 0 Å². The first-order valence-corrected chi connectivity index (χ1v) is 7.12. The first-order chi connectivity index (χ1) is 10.1. The van der Waals surface area contributed by atoms with E-state index in [1.54, 1.807) is 29.2 Å². The van der Waals surface area contributed by atoms with E-state index in [1.807, 2.05) is 6.07 Å². The number of hydrogen-bond acceptors (Lipinski definition) is 3. The number of carbonyl (C=O) groups is 2. The summed E-state index contributed by atoms with van der Waals surface area (Å²) in [7, 11) is 0. The predicted molar refractivity (Wildman–Crippen MR) is 74.8 cm³/mol. The lowest BCUT2D eigenvalue weighted by Crippen LogP contribution is -2.51. The number of rotatable bonds is 3. The SMILES string of the molecule is O=C(O)[C@@H](NC(=O)N1CC2CCC(C1)O2)c1ccccc1. The average molecular weight is 290 g/mol. The number of benzene rings is 1. The van der Waals surface area contributed by atoms with Gasteiger partial charge in [0.1, 0.15) is 0 Å². The van der Waals surface area contributed by atoms with E-state index in [0.717, 1.165) is 12.8 Å². The molecule has 1 aromatic carbocycles. The van der Waals surface area contributed by atoms with Gasteiger partial charge in [-0.1, -0.05) is 30.3 Å². The Morgan fingerprint density at radius 2 is 1.81 bits per heavy atom. The number of fused-ring (bicyclic) bond motifs is 2. The monoisotopic (exact) mass is 290 g/mol. The van der Waals surface area contributed by atoms with Crippen LogP contribution in [0.5, 0.6) is 0 Å². The number of carboxylic acid groups (broad SMARTS) is 1. The highest BCUT2D eigenvalue weighted by molar-refractivity contribution is 5.83. The Morgan fingerprint density at radius 1 is 1.19 bits per heavy atom. The summed E-state index contributed by atoms with van der Waals surface area (Å²) in [5.74, 6) is -1.06. The number of amides is 2. The predicted octanol–water partition coefficient (Wildman–Crippen LogP) is 1.39. The molecular formula is C15H18N2O4. The third kappa shape index (κ3) is 3.00. The van der Waals surface area contributed by atoms with Crippen molar-refractivity contribution in [3.8, 4) is 0 Å². The standard InChI is InChI=1S/C15H18N2O4/c18-14(19)13(10-4-2-1-3-5-10)16-15(20)17-8-11-6-7-12(9-17)21-11/h1-5,11-13H,6-9H2,(H,16,20)(H,18,19)/t11?,12?,13-/m0/s1. The molecule has 2 saturated heterocycles. The lowest BCUT2D eigenvalue weighted by Gasteiger charge is -2.33. The first kappa shape index (κ1) is 13.9. The number of nitrogens with one attached hydrogen (secondary N) is 1. The Kier molecular flexibility index (Phi) is 3.79. The third-order valence-corrected chi connectivity index (χ3v) is 3.98. The number of aliphatic carboxylic acids is 1. The zero-order valence-corrected chi connectivity index (χ0v) is 11.6. The second-order valence-corrected chi connectivity index (χ2v) is 5.49. The van der Waals surface area contributed by atoms with E-state index in [9.17, 15) is 14.7 Å². The number of likely N-dealkylation sites (tertiary alicyclic amines) is 1. The van der Waals surface area contributed by atoms with Crippen molar-refractivity contribution >= 4 is 12.0 Å². The Balaban J connectivity index is 1.68. The number of carboxylic acids is 1. The van der Waals surface area contributed by atoms with Gasteiger partial charge in [-0.15, -0.1) is 0 Å². The fourth-order valence-electron chi connectivity index (χ4n) is 2.93. The molecule has 1 aromatic rings. The van der Waals surface area contributed by atoms with Gasteiger partial charge < -0.3 is 20.1 Å². The molecule has 0 saturated carbocycles.